The minimum Gasteiger partial charge on any atom is -0.395 e. The molecule has 0 spiro atoms. The number of pyridine rings is 1. The van der Waals surface area contributed by atoms with Gasteiger partial charge in [0.25, 0.3) is 0 Å². The maximum Gasteiger partial charge on any atom is 0.248 e. The van der Waals surface area contributed by atoms with Crippen molar-refractivity contribution in [1.82, 2.24) is 20.0 Å². The van der Waals surface area contributed by atoms with E-state index in [0.717, 1.165) is 17.7 Å². The molecule has 1 saturated heterocycles. The smallest absolute Gasteiger partial charge is 0.248 e. The molecule has 0 radical (unpaired) electrons. The van der Waals surface area contributed by atoms with E-state index < -0.39 is 82.3 Å². The summed E-state index contributed by atoms with van der Waals surface area (Å²) < 4.78 is 62.9. The molecule has 3 aromatic rings. The fraction of sp³-hybridized carbons (Fsp3) is 0.536. The summed E-state index contributed by atoms with van der Waals surface area (Å²) in [6, 6.07) is 6.13. The highest BCUT2D eigenvalue weighted by molar-refractivity contribution is 8.18. The van der Waals surface area contributed by atoms with Gasteiger partial charge in [0.2, 0.25) is 5.92 Å². The van der Waals surface area contributed by atoms with Crippen LogP contribution in [-0.2, 0) is 4.74 Å². The molecule has 1 unspecified atom stereocenters. The van der Waals surface area contributed by atoms with Crippen LogP contribution in [0, 0.1) is 18.6 Å². The number of thiol groups is 1. The third kappa shape index (κ3) is 5.74. The lowest BCUT2D eigenvalue weighted by atomic mass is 9.79. The van der Waals surface area contributed by atoms with Gasteiger partial charge in [0, 0.05) is 42.7 Å². The van der Waals surface area contributed by atoms with Gasteiger partial charge in [-0.3, -0.25) is 4.98 Å². The van der Waals surface area contributed by atoms with Crippen LogP contribution in [0.4, 0.5) is 17.6 Å². The Labute approximate surface area is 237 Å². The highest BCUT2D eigenvalue weighted by Gasteiger charge is 2.54. The molecule has 224 valence electrons. The standard InChI is InChI=1S/C28H34F4N4O4S/c1-16-4-3-11-33-23(16)26(27(39)7-9-28(31,32)10-8-27)41-15-21(40-2)24(25(38)22(41)14-37)36-13-20(34-35-36)17-5-6-18(29)19(30)12-17/h3-6,11-13,21-22,24-26,37-39,41H,7-10,14-15H2,1-2H3/t21-,22+,24+,25-,26+/m0/s1. The molecule has 2 fully saturated rings. The molecule has 5 rings (SSSR count). The number of hydrogen-bond acceptors (Lipinski definition) is 7. The van der Waals surface area contributed by atoms with Crippen LogP contribution >= 0.6 is 10.9 Å². The largest absolute Gasteiger partial charge is 0.395 e. The summed E-state index contributed by atoms with van der Waals surface area (Å²) in [5.41, 5.74) is 0.362. The Morgan fingerprint density at radius 1 is 1.15 bits per heavy atom. The molecule has 3 N–H and O–H groups in total. The van der Waals surface area contributed by atoms with Crippen molar-refractivity contribution in [2.24, 2.45) is 0 Å². The first-order valence-electron chi connectivity index (χ1n) is 13.4. The van der Waals surface area contributed by atoms with Crippen molar-refractivity contribution in [3.63, 3.8) is 0 Å². The van der Waals surface area contributed by atoms with Gasteiger partial charge < -0.3 is 20.1 Å². The van der Waals surface area contributed by atoms with E-state index in [1.54, 1.807) is 12.3 Å². The number of benzene rings is 1. The van der Waals surface area contributed by atoms with Gasteiger partial charge in [0.05, 0.1) is 41.6 Å². The Bertz CT molecular complexity index is 1370. The first-order chi connectivity index (χ1) is 19.5. The van der Waals surface area contributed by atoms with Crippen molar-refractivity contribution in [3.8, 4) is 11.3 Å². The number of aliphatic hydroxyl groups is 3. The van der Waals surface area contributed by atoms with Crippen LogP contribution in [-0.4, -0.2) is 83.7 Å². The summed E-state index contributed by atoms with van der Waals surface area (Å²) in [5, 5.41) is 41.0. The number of hydrogen-bond donors (Lipinski definition) is 4. The maximum atomic E-state index is 14.2. The van der Waals surface area contributed by atoms with E-state index in [9.17, 15) is 32.9 Å². The van der Waals surface area contributed by atoms with E-state index in [0.29, 0.717) is 11.4 Å². The summed E-state index contributed by atoms with van der Waals surface area (Å²) >= 11 is 0. The number of alkyl halides is 2. The van der Waals surface area contributed by atoms with Crippen LogP contribution in [0.1, 0.15) is 48.2 Å². The molecule has 1 saturated carbocycles. The first-order valence-corrected chi connectivity index (χ1v) is 15.1. The molecule has 1 aliphatic carbocycles. The Hall–Kier alpha value is -2.58. The minimum atomic E-state index is -2.87. The molecule has 8 nitrogen and oxygen atoms in total. The minimum absolute atomic E-state index is 0.143. The summed E-state index contributed by atoms with van der Waals surface area (Å²) in [6.45, 7) is 1.41. The van der Waals surface area contributed by atoms with E-state index in [2.05, 4.69) is 15.3 Å². The van der Waals surface area contributed by atoms with Gasteiger partial charge in [-0.1, -0.05) is 11.3 Å². The van der Waals surface area contributed by atoms with E-state index in [1.165, 1.54) is 24.1 Å². The fourth-order valence-corrected chi connectivity index (χ4v) is 10.1. The zero-order valence-electron chi connectivity index (χ0n) is 22.7. The Morgan fingerprint density at radius 3 is 2.51 bits per heavy atom. The fourth-order valence-electron chi connectivity index (χ4n) is 6.18. The van der Waals surface area contributed by atoms with Gasteiger partial charge in [-0.25, -0.2) is 33.1 Å². The van der Waals surface area contributed by atoms with Gasteiger partial charge >= 0.3 is 0 Å². The number of methoxy groups -OCH3 is 1. The topological polar surface area (TPSA) is 114 Å². The molecular weight excluding hydrogens is 564 g/mol. The van der Waals surface area contributed by atoms with Crippen molar-refractivity contribution in [3.05, 3.63) is 65.6 Å². The van der Waals surface area contributed by atoms with Gasteiger partial charge in [-0.05, 0) is 49.6 Å². The van der Waals surface area contributed by atoms with Crippen LogP contribution < -0.4 is 0 Å². The van der Waals surface area contributed by atoms with Crippen molar-refractivity contribution < 1.29 is 37.6 Å². The molecule has 3 heterocycles. The third-order valence-corrected chi connectivity index (χ3v) is 12.0. The lowest BCUT2D eigenvalue weighted by Crippen LogP contribution is -2.54. The number of nitrogens with zero attached hydrogens (tertiary/aromatic N) is 4. The molecule has 13 heteroatoms. The zero-order chi connectivity index (χ0) is 29.5. The van der Waals surface area contributed by atoms with Crippen molar-refractivity contribution in [2.75, 3.05) is 19.5 Å². The highest BCUT2D eigenvalue weighted by atomic mass is 32.2. The summed E-state index contributed by atoms with van der Waals surface area (Å²) in [5.74, 6) is -4.60. The molecule has 6 atom stereocenters. The SMILES string of the molecule is CO[C@H]1C[SH]([C@H](c2ncccc2C)C2(O)CCC(F)(F)CC2)[C@H](CO)[C@H](O)[C@@H]1n1cc(-c2ccc(F)c(F)c2)nn1. The number of aryl methyl sites for hydroxylation is 1. The normalized spacial score (nSPS) is 29.2. The van der Waals surface area contributed by atoms with Gasteiger partial charge in [0.1, 0.15) is 11.7 Å². The predicted molar refractivity (Wildman–Crippen MR) is 146 cm³/mol. The average Bonchev–Trinajstić information content (AvgIpc) is 3.43. The lowest BCUT2D eigenvalue weighted by molar-refractivity contribution is -0.105. The molecule has 1 aromatic carbocycles. The van der Waals surface area contributed by atoms with Crippen LogP contribution in [0.15, 0.2) is 42.7 Å². The molecule has 2 aliphatic rings. The number of aliphatic hydroxyl groups excluding tert-OH is 2. The van der Waals surface area contributed by atoms with E-state index in [1.807, 2.05) is 13.0 Å². The van der Waals surface area contributed by atoms with E-state index in [4.69, 9.17) is 4.74 Å². The Morgan fingerprint density at radius 2 is 1.88 bits per heavy atom. The van der Waals surface area contributed by atoms with Gasteiger partial charge in [-0.2, -0.15) is 0 Å². The molecular formula is C28H34F4N4O4S. The summed E-state index contributed by atoms with van der Waals surface area (Å²) in [4.78, 5) is 4.56. The summed E-state index contributed by atoms with van der Waals surface area (Å²) in [6.07, 6.45) is -0.0158. The maximum absolute atomic E-state index is 14.2. The Balaban J connectivity index is 1.51. The van der Waals surface area contributed by atoms with Gasteiger partial charge in [0.15, 0.2) is 11.6 Å². The number of halogens is 4. The zero-order valence-corrected chi connectivity index (χ0v) is 23.6. The van der Waals surface area contributed by atoms with Crippen molar-refractivity contribution in [2.45, 2.75) is 72.9 Å². The number of ether oxygens (including phenoxy) is 1. The average molecular weight is 599 g/mol. The highest BCUT2D eigenvalue weighted by Crippen LogP contribution is 2.61. The van der Waals surface area contributed by atoms with Crippen LogP contribution in [0.2, 0.25) is 0 Å². The second-order valence-corrected chi connectivity index (χ2v) is 13.6. The van der Waals surface area contributed by atoms with Gasteiger partial charge in [-0.15, -0.1) is 5.10 Å². The third-order valence-electron chi connectivity index (χ3n) is 8.46. The van der Waals surface area contributed by atoms with E-state index in [-0.39, 0.29) is 24.1 Å². The van der Waals surface area contributed by atoms with Crippen molar-refractivity contribution >= 4 is 10.9 Å². The molecule has 1 aliphatic heterocycles. The molecule has 0 bridgehead atoms. The summed E-state index contributed by atoms with van der Waals surface area (Å²) in [7, 11) is -0.00169. The number of aromatic nitrogens is 4. The van der Waals surface area contributed by atoms with Crippen molar-refractivity contribution in [1.29, 1.82) is 0 Å². The van der Waals surface area contributed by atoms with Crippen LogP contribution in [0.5, 0.6) is 0 Å². The monoisotopic (exact) mass is 598 g/mol. The molecule has 2 aromatic heterocycles. The number of rotatable bonds is 7. The molecule has 41 heavy (non-hydrogen) atoms. The predicted octanol–water partition coefficient (Wildman–Crippen LogP) is 3.90. The second-order valence-electron chi connectivity index (χ2n) is 11.0. The Kier molecular flexibility index (Phi) is 8.46. The van der Waals surface area contributed by atoms with Crippen LogP contribution in [0.3, 0.4) is 0 Å². The second kappa shape index (κ2) is 11.6. The van der Waals surface area contributed by atoms with E-state index >= 15 is 0 Å². The first kappa shape index (κ1) is 29.9. The lowest BCUT2D eigenvalue weighted by Gasteiger charge is -2.53. The molecule has 0 amide bonds. The van der Waals surface area contributed by atoms with Crippen LogP contribution in [0.25, 0.3) is 11.3 Å². The quantitative estimate of drug-likeness (QED) is 0.241.